The molecule has 0 radical (unpaired) electrons. The van der Waals surface area contributed by atoms with Crippen LogP contribution in [0.15, 0.2) is 30.3 Å². The van der Waals surface area contributed by atoms with Crippen molar-refractivity contribution in [3.8, 4) is 0 Å². The molecule has 0 aromatic heterocycles. The SMILES string of the molecule is CCCCC(/C=C/c1ccc(C(C)(C)CC)cc1)CC. The van der Waals surface area contributed by atoms with Crippen LogP contribution in [0, 0.1) is 5.92 Å². The highest BCUT2D eigenvalue weighted by molar-refractivity contribution is 5.50. The first-order valence-electron chi connectivity index (χ1n) is 8.32. The van der Waals surface area contributed by atoms with Crippen molar-refractivity contribution in [3.05, 3.63) is 41.5 Å². The lowest BCUT2D eigenvalue weighted by Crippen LogP contribution is -2.14. The molecule has 0 nitrogen and oxygen atoms in total. The second-order valence-electron chi connectivity index (χ2n) is 6.53. The molecule has 20 heavy (non-hydrogen) atoms. The predicted octanol–water partition coefficient (Wildman–Crippen LogP) is 6.60. The molecule has 1 aromatic rings. The summed E-state index contributed by atoms with van der Waals surface area (Å²) < 4.78 is 0. The Balaban J connectivity index is 2.69. The molecule has 0 saturated carbocycles. The van der Waals surface area contributed by atoms with Gasteiger partial charge in [-0.05, 0) is 41.7 Å². The van der Waals surface area contributed by atoms with E-state index < -0.39 is 0 Å². The van der Waals surface area contributed by atoms with Gasteiger partial charge in [-0.2, -0.15) is 0 Å². The van der Waals surface area contributed by atoms with Crippen LogP contribution in [0.5, 0.6) is 0 Å². The van der Waals surface area contributed by atoms with Crippen LogP contribution in [-0.4, -0.2) is 0 Å². The van der Waals surface area contributed by atoms with Gasteiger partial charge in [0.05, 0.1) is 0 Å². The smallest absolute Gasteiger partial charge is 0.0106 e. The molecule has 0 spiro atoms. The maximum atomic E-state index is 2.40. The third-order valence-corrected chi connectivity index (χ3v) is 4.59. The Morgan fingerprint density at radius 3 is 2.20 bits per heavy atom. The zero-order chi connectivity index (χ0) is 15.0. The van der Waals surface area contributed by atoms with Gasteiger partial charge in [0.1, 0.15) is 0 Å². The summed E-state index contributed by atoms with van der Waals surface area (Å²) in [6.07, 6.45) is 11.1. The van der Waals surface area contributed by atoms with Crippen molar-refractivity contribution in [1.82, 2.24) is 0 Å². The van der Waals surface area contributed by atoms with E-state index in [1.165, 1.54) is 43.2 Å². The van der Waals surface area contributed by atoms with E-state index in [0.29, 0.717) is 0 Å². The summed E-state index contributed by atoms with van der Waals surface area (Å²) in [4.78, 5) is 0. The molecule has 1 rings (SSSR count). The minimum absolute atomic E-state index is 0.287. The zero-order valence-electron chi connectivity index (χ0n) is 14.1. The third kappa shape index (κ3) is 5.15. The van der Waals surface area contributed by atoms with Crippen molar-refractivity contribution in [3.63, 3.8) is 0 Å². The Hall–Kier alpha value is -1.04. The lowest BCUT2D eigenvalue weighted by atomic mass is 9.82. The van der Waals surface area contributed by atoms with Crippen molar-refractivity contribution in [2.45, 2.75) is 72.1 Å². The van der Waals surface area contributed by atoms with Crippen molar-refractivity contribution in [2.24, 2.45) is 5.92 Å². The van der Waals surface area contributed by atoms with Crippen LogP contribution in [0.3, 0.4) is 0 Å². The van der Waals surface area contributed by atoms with Crippen molar-refractivity contribution in [2.75, 3.05) is 0 Å². The molecule has 0 bridgehead atoms. The van der Waals surface area contributed by atoms with Crippen LogP contribution in [0.1, 0.15) is 77.8 Å². The minimum atomic E-state index is 0.287. The predicted molar refractivity (Wildman–Crippen MR) is 92.1 cm³/mol. The molecule has 0 aliphatic carbocycles. The topological polar surface area (TPSA) is 0 Å². The summed E-state index contributed by atoms with van der Waals surface area (Å²) in [5.74, 6) is 0.738. The molecule has 0 saturated heterocycles. The van der Waals surface area contributed by atoms with Crippen molar-refractivity contribution >= 4 is 6.08 Å². The van der Waals surface area contributed by atoms with Crippen molar-refractivity contribution in [1.29, 1.82) is 0 Å². The first-order valence-corrected chi connectivity index (χ1v) is 8.32. The largest absolute Gasteiger partial charge is 0.0808 e. The molecule has 1 atom stereocenters. The fourth-order valence-electron chi connectivity index (χ4n) is 2.40. The lowest BCUT2D eigenvalue weighted by Gasteiger charge is -2.23. The monoisotopic (exact) mass is 272 g/mol. The zero-order valence-corrected chi connectivity index (χ0v) is 14.1. The quantitative estimate of drug-likeness (QED) is 0.500. The molecule has 0 amide bonds. The standard InChI is InChI=1S/C20H32/c1-6-9-10-17(7-2)11-12-18-13-15-19(16-14-18)20(4,5)8-3/h11-17H,6-10H2,1-5H3/b12-11+. The van der Waals surface area contributed by atoms with Crippen LogP contribution >= 0.6 is 0 Å². The van der Waals surface area contributed by atoms with Crippen LogP contribution in [0.25, 0.3) is 6.08 Å². The number of hydrogen-bond donors (Lipinski definition) is 0. The average Bonchev–Trinajstić information content (AvgIpc) is 2.48. The van der Waals surface area contributed by atoms with Gasteiger partial charge in [-0.15, -0.1) is 0 Å². The number of allylic oxidation sites excluding steroid dienone is 1. The van der Waals surface area contributed by atoms with Gasteiger partial charge >= 0.3 is 0 Å². The molecule has 112 valence electrons. The van der Waals surface area contributed by atoms with Crippen LogP contribution < -0.4 is 0 Å². The van der Waals surface area contributed by atoms with Crippen LogP contribution in [0.2, 0.25) is 0 Å². The van der Waals surface area contributed by atoms with Gasteiger partial charge in [-0.25, -0.2) is 0 Å². The first-order chi connectivity index (χ1) is 9.53. The highest BCUT2D eigenvalue weighted by Crippen LogP contribution is 2.27. The summed E-state index contributed by atoms with van der Waals surface area (Å²) in [6.45, 7) is 11.4. The second-order valence-corrected chi connectivity index (χ2v) is 6.53. The van der Waals surface area contributed by atoms with Crippen LogP contribution in [-0.2, 0) is 5.41 Å². The Kier molecular flexibility index (Phi) is 7.05. The fourth-order valence-corrected chi connectivity index (χ4v) is 2.40. The van der Waals surface area contributed by atoms with E-state index in [4.69, 9.17) is 0 Å². The van der Waals surface area contributed by atoms with Gasteiger partial charge in [0.25, 0.3) is 0 Å². The highest BCUT2D eigenvalue weighted by atomic mass is 14.2. The maximum absolute atomic E-state index is 2.40. The molecule has 0 fully saturated rings. The Morgan fingerprint density at radius 1 is 1.05 bits per heavy atom. The van der Waals surface area contributed by atoms with E-state index >= 15 is 0 Å². The molecule has 0 heterocycles. The summed E-state index contributed by atoms with van der Waals surface area (Å²) in [5, 5.41) is 0. The fraction of sp³-hybridized carbons (Fsp3) is 0.600. The summed E-state index contributed by atoms with van der Waals surface area (Å²) in [7, 11) is 0. The number of rotatable bonds is 8. The summed E-state index contributed by atoms with van der Waals surface area (Å²) in [5.41, 5.74) is 3.06. The molecule has 1 unspecified atom stereocenters. The van der Waals surface area contributed by atoms with Crippen LogP contribution in [0.4, 0.5) is 0 Å². The number of benzene rings is 1. The van der Waals surface area contributed by atoms with E-state index in [1.54, 1.807) is 0 Å². The van der Waals surface area contributed by atoms with E-state index in [0.717, 1.165) is 5.92 Å². The van der Waals surface area contributed by atoms with Gasteiger partial charge in [0.15, 0.2) is 0 Å². The van der Waals surface area contributed by atoms with E-state index in [9.17, 15) is 0 Å². The Labute approximate surface area is 126 Å². The van der Waals surface area contributed by atoms with Gasteiger partial charge in [-0.1, -0.05) is 83.9 Å². The maximum Gasteiger partial charge on any atom is -0.0106 e. The van der Waals surface area contributed by atoms with E-state index in [1.807, 2.05) is 0 Å². The minimum Gasteiger partial charge on any atom is -0.0808 e. The second kappa shape index (κ2) is 8.29. The molecule has 0 heteroatoms. The molecule has 0 aliphatic rings. The Bertz CT molecular complexity index is 395. The Morgan fingerprint density at radius 2 is 1.70 bits per heavy atom. The molecule has 0 aliphatic heterocycles. The van der Waals surface area contributed by atoms with Gasteiger partial charge in [0, 0.05) is 0 Å². The van der Waals surface area contributed by atoms with Gasteiger partial charge < -0.3 is 0 Å². The number of hydrogen-bond acceptors (Lipinski definition) is 0. The van der Waals surface area contributed by atoms with Crippen molar-refractivity contribution < 1.29 is 0 Å². The normalized spacial score (nSPS) is 13.8. The number of unbranched alkanes of at least 4 members (excludes halogenated alkanes) is 1. The third-order valence-electron chi connectivity index (χ3n) is 4.59. The van der Waals surface area contributed by atoms with E-state index in [-0.39, 0.29) is 5.41 Å². The molecular weight excluding hydrogens is 240 g/mol. The molecular formula is C20H32. The summed E-state index contributed by atoms with van der Waals surface area (Å²) in [6, 6.07) is 9.10. The summed E-state index contributed by atoms with van der Waals surface area (Å²) >= 11 is 0. The van der Waals surface area contributed by atoms with Gasteiger partial charge in [-0.3, -0.25) is 0 Å². The van der Waals surface area contributed by atoms with Gasteiger partial charge in [0.2, 0.25) is 0 Å². The molecule has 0 N–H and O–H groups in total. The van der Waals surface area contributed by atoms with E-state index in [2.05, 4.69) is 71.0 Å². The highest BCUT2D eigenvalue weighted by Gasteiger charge is 2.17. The first kappa shape index (κ1) is 17.0. The average molecular weight is 272 g/mol. The lowest BCUT2D eigenvalue weighted by molar-refractivity contribution is 0.506. The molecule has 1 aromatic carbocycles.